The number of ketones is 1. The van der Waals surface area contributed by atoms with Crippen LogP contribution in [0.4, 0.5) is 13.2 Å². The van der Waals surface area contributed by atoms with E-state index in [4.69, 9.17) is 0 Å². The number of nitrogens with one attached hydrogen (secondary N) is 1. The SMILES string of the molecule is O=C1CNCc2ncc(C(F)(F)F)cc21. The molecule has 2 heterocycles. The van der Waals surface area contributed by atoms with Crippen molar-refractivity contribution >= 4 is 5.78 Å². The van der Waals surface area contributed by atoms with Crippen molar-refractivity contribution in [1.82, 2.24) is 10.3 Å². The van der Waals surface area contributed by atoms with Crippen LogP contribution in [0.2, 0.25) is 0 Å². The van der Waals surface area contributed by atoms with Crippen molar-refractivity contribution in [3.05, 3.63) is 29.1 Å². The van der Waals surface area contributed by atoms with Crippen LogP contribution in [0, 0.1) is 0 Å². The fourth-order valence-corrected chi connectivity index (χ4v) is 1.42. The molecule has 0 aromatic carbocycles. The predicted octanol–water partition coefficient (Wildman–Crippen LogP) is 1.39. The van der Waals surface area contributed by atoms with Crippen molar-refractivity contribution in [1.29, 1.82) is 0 Å². The normalized spacial score (nSPS) is 16.3. The van der Waals surface area contributed by atoms with E-state index in [1.54, 1.807) is 0 Å². The van der Waals surface area contributed by atoms with Gasteiger partial charge in [0.15, 0.2) is 5.78 Å². The smallest absolute Gasteiger partial charge is 0.304 e. The molecule has 2 rings (SSSR count). The molecule has 0 saturated heterocycles. The number of aromatic nitrogens is 1. The average molecular weight is 216 g/mol. The first-order valence-corrected chi connectivity index (χ1v) is 4.28. The molecule has 0 atom stereocenters. The summed E-state index contributed by atoms with van der Waals surface area (Å²) in [5.41, 5.74) is -0.431. The first-order valence-electron chi connectivity index (χ1n) is 4.28. The fraction of sp³-hybridized carbons (Fsp3) is 0.333. The molecule has 0 saturated carbocycles. The Bertz CT molecular complexity index is 414. The zero-order valence-corrected chi connectivity index (χ0v) is 7.56. The predicted molar refractivity (Wildman–Crippen MR) is 45.3 cm³/mol. The standard InChI is InChI=1S/C9H7F3N2O/c10-9(11,12)5-1-6-7(14-2-5)3-13-4-8(6)15/h1-2,13H,3-4H2. The molecule has 1 aromatic rings. The zero-order valence-electron chi connectivity index (χ0n) is 7.56. The van der Waals surface area contributed by atoms with Gasteiger partial charge in [-0.25, -0.2) is 0 Å². The third-order valence-corrected chi connectivity index (χ3v) is 2.18. The van der Waals surface area contributed by atoms with Gasteiger partial charge < -0.3 is 5.32 Å². The average Bonchev–Trinajstić information content (AvgIpc) is 2.16. The van der Waals surface area contributed by atoms with E-state index in [9.17, 15) is 18.0 Å². The second-order valence-electron chi connectivity index (χ2n) is 3.24. The molecule has 0 amide bonds. The quantitative estimate of drug-likeness (QED) is 0.712. The minimum absolute atomic E-state index is 0.0655. The van der Waals surface area contributed by atoms with Gasteiger partial charge in [0, 0.05) is 18.3 Å². The van der Waals surface area contributed by atoms with Crippen LogP contribution in [0.25, 0.3) is 0 Å². The van der Waals surface area contributed by atoms with Crippen LogP contribution in [0.3, 0.4) is 0 Å². The lowest BCUT2D eigenvalue weighted by atomic mass is 10.0. The molecule has 0 unspecified atom stereocenters. The van der Waals surface area contributed by atoms with Crippen LogP contribution < -0.4 is 5.32 Å². The van der Waals surface area contributed by atoms with Crippen LogP contribution in [0.1, 0.15) is 21.6 Å². The molecule has 15 heavy (non-hydrogen) atoms. The van der Waals surface area contributed by atoms with Gasteiger partial charge in [-0.05, 0) is 6.07 Å². The van der Waals surface area contributed by atoms with Crippen LogP contribution in [0.5, 0.6) is 0 Å². The monoisotopic (exact) mass is 216 g/mol. The number of hydrogen-bond donors (Lipinski definition) is 1. The van der Waals surface area contributed by atoms with E-state index in [1.807, 2.05) is 0 Å². The molecule has 6 heteroatoms. The lowest BCUT2D eigenvalue weighted by Gasteiger charge is -2.16. The number of nitrogens with zero attached hydrogens (tertiary/aromatic N) is 1. The summed E-state index contributed by atoms with van der Waals surface area (Å²) in [5, 5.41) is 2.76. The second kappa shape index (κ2) is 3.30. The Morgan fingerprint density at radius 1 is 1.33 bits per heavy atom. The molecule has 1 aliphatic rings. The summed E-state index contributed by atoms with van der Waals surface area (Å²) in [6.07, 6.45) is -3.70. The summed E-state index contributed by atoms with van der Waals surface area (Å²) in [7, 11) is 0. The van der Waals surface area contributed by atoms with Crippen LogP contribution in [-0.4, -0.2) is 17.3 Å². The fourth-order valence-electron chi connectivity index (χ4n) is 1.42. The summed E-state index contributed by atoms with van der Waals surface area (Å²) >= 11 is 0. The highest BCUT2D eigenvalue weighted by Gasteiger charge is 2.32. The molecule has 3 nitrogen and oxygen atoms in total. The van der Waals surface area contributed by atoms with Gasteiger partial charge in [-0.2, -0.15) is 13.2 Å². The van der Waals surface area contributed by atoms with E-state index in [0.29, 0.717) is 12.2 Å². The summed E-state index contributed by atoms with van der Waals surface area (Å²) < 4.78 is 37.0. The number of halogens is 3. The summed E-state index contributed by atoms with van der Waals surface area (Å²) in [6.45, 7) is 0.398. The van der Waals surface area contributed by atoms with Crippen LogP contribution in [-0.2, 0) is 12.7 Å². The molecular weight excluding hydrogens is 209 g/mol. The first-order chi connectivity index (χ1) is 6.98. The number of carbonyl (C=O) groups is 1. The van der Waals surface area contributed by atoms with Gasteiger partial charge in [-0.3, -0.25) is 9.78 Å². The van der Waals surface area contributed by atoms with E-state index in [-0.39, 0.29) is 17.9 Å². The summed E-state index contributed by atoms with van der Waals surface area (Å²) in [6, 6.07) is 0.867. The topological polar surface area (TPSA) is 42.0 Å². The number of alkyl halides is 3. The Kier molecular flexibility index (Phi) is 2.22. The van der Waals surface area contributed by atoms with Crippen molar-refractivity contribution in [2.24, 2.45) is 0 Å². The highest BCUT2D eigenvalue weighted by atomic mass is 19.4. The summed E-state index contributed by atoms with van der Waals surface area (Å²) in [5.74, 6) is -0.352. The maximum Gasteiger partial charge on any atom is 0.417 e. The van der Waals surface area contributed by atoms with Gasteiger partial charge in [0.05, 0.1) is 17.8 Å². The Morgan fingerprint density at radius 2 is 2.07 bits per heavy atom. The molecule has 0 fully saturated rings. The lowest BCUT2D eigenvalue weighted by molar-refractivity contribution is -0.137. The van der Waals surface area contributed by atoms with Gasteiger partial charge in [0.25, 0.3) is 0 Å². The Hall–Kier alpha value is -1.43. The van der Waals surface area contributed by atoms with Gasteiger partial charge >= 0.3 is 6.18 Å². The number of rotatable bonds is 0. The van der Waals surface area contributed by atoms with Crippen molar-refractivity contribution in [3.8, 4) is 0 Å². The number of fused-ring (bicyclic) bond motifs is 1. The van der Waals surface area contributed by atoms with E-state index in [1.165, 1.54) is 0 Å². The van der Waals surface area contributed by atoms with Gasteiger partial charge in [-0.15, -0.1) is 0 Å². The van der Waals surface area contributed by atoms with Crippen LogP contribution in [0.15, 0.2) is 12.3 Å². The van der Waals surface area contributed by atoms with Crippen molar-refractivity contribution in [2.45, 2.75) is 12.7 Å². The number of hydrogen-bond acceptors (Lipinski definition) is 3. The highest BCUT2D eigenvalue weighted by molar-refractivity contribution is 5.99. The molecular formula is C9H7F3N2O. The van der Waals surface area contributed by atoms with Crippen molar-refractivity contribution in [3.63, 3.8) is 0 Å². The molecule has 0 spiro atoms. The van der Waals surface area contributed by atoms with Gasteiger partial charge in [0.1, 0.15) is 0 Å². The van der Waals surface area contributed by atoms with Gasteiger partial charge in [0.2, 0.25) is 0 Å². The maximum absolute atomic E-state index is 12.3. The van der Waals surface area contributed by atoms with Crippen molar-refractivity contribution in [2.75, 3.05) is 6.54 Å². The second-order valence-corrected chi connectivity index (χ2v) is 3.24. The van der Waals surface area contributed by atoms with E-state index >= 15 is 0 Å². The molecule has 1 N–H and O–H groups in total. The number of carbonyl (C=O) groups excluding carboxylic acids is 1. The molecule has 0 radical (unpaired) electrons. The molecule has 1 aromatic heterocycles. The Labute approximate surface area is 83.3 Å². The van der Waals surface area contributed by atoms with E-state index in [2.05, 4.69) is 10.3 Å². The Morgan fingerprint density at radius 3 is 2.73 bits per heavy atom. The largest absolute Gasteiger partial charge is 0.417 e. The number of Topliss-reactive ketones (excluding diaryl/α,β-unsaturated/α-hetero) is 1. The third-order valence-electron chi connectivity index (χ3n) is 2.18. The first kappa shape index (κ1) is 10.1. The summed E-state index contributed by atoms with van der Waals surface area (Å²) in [4.78, 5) is 14.9. The van der Waals surface area contributed by atoms with E-state index < -0.39 is 11.7 Å². The van der Waals surface area contributed by atoms with E-state index in [0.717, 1.165) is 12.3 Å². The highest BCUT2D eigenvalue weighted by Crippen LogP contribution is 2.30. The number of pyridine rings is 1. The maximum atomic E-state index is 12.3. The minimum Gasteiger partial charge on any atom is -0.304 e. The molecule has 1 aliphatic heterocycles. The van der Waals surface area contributed by atoms with Gasteiger partial charge in [-0.1, -0.05) is 0 Å². The lowest BCUT2D eigenvalue weighted by Crippen LogP contribution is -2.31. The zero-order chi connectivity index (χ0) is 11.1. The third kappa shape index (κ3) is 1.85. The van der Waals surface area contributed by atoms with Crippen molar-refractivity contribution < 1.29 is 18.0 Å². The molecule has 0 aliphatic carbocycles. The Balaban J connectivity index is 2.49. The molecule has 0 bridgehead atoms. The molecule has 80 valence electrons. The van der Waals surface area contributed by atoms with Crippen LogP contribution >= 0.6 is 0 Å². The minimum atomic E-state index is -4.45.